The summed E-state index contributed by atoms with van der Waals surface area (Å²) in [4.78, 5) is 18.6. The van der Waals surface area contributed by atoms with Gasteiger partial charge in [0.1, 0.15) is 5.82 Å². The van der Waals surface area contributed by atoms with Crippen LogP contribution in [-0.4, -0.2) is 45.0 Å². The fourth-order valence-electron chi connectivity index (χ4n) is 3.28. The van der Waals surface area contributed by atoms with Crippen molar-refractivity contribution in [1.29, 1.82) is 0 Å². The minimum Gasteiger partial charge on any atom is -0.368 e. The topological polar surface area (TPSA) is 76.2 Å². The Bertz CT molecular complexity index is 498. The summed E-state index contributed by atoms with van der Waals surface area (Å²) < 4.78 is 2.03. The van der Waals surface area contributed by atoms with Crippen LogP contribution < -0.4 is 11.1 Å². The number of aryl methyl sites for hydroxylation is 1. The standard InChI is InChI=1S/C15H27N5O/c1-11(2)18-15(14(16)21)6-5-12(9-15)20(4)10-13-17-7-8-19(13)3/h7-8,11-12,18H,5-6,9-10H2,1-4H3,(H2,16,21). The smallest absolute Gasteiger partial charge is 0.237 e. The number of amides is 1. The van der Waals surface area contributed by atoms with Crippen LogP contribution in [0.25, 0.3) is 0 Å². The molecule has 3 N–H and O–H groups in total. The van der Waals surface area contributed by atoms with Crippen LogP contribution in [0.15, 0.2) is 12.4 Å². The van der Waals surface area contributed by atoms with Gasteiger partial charge in [-0.05, 0) is 40.2 Å². The van der Waals surface area contributed by atoms with Crippen molar-refractivity contribution in [1.82, 2.24) is 19.8 Å². The molecule has 2 rings (SSSR count). The van der Waals surface area contributed by atoms with Crippen LogP contribution in [0.1, 0.15) is 38.9 Å². The van der Waals surface area contributed by atoms with E-state index in [-0.39, 0.29) is 11.9 Å². The van der Waals surface area contributed by atoms with Gasteiger partial charge in [0.05, 0.1) is 12.1 Å². The van der Waals surface area contributed by atoms with E-state index >= 15 is 0 Å². The van der Waals surface area contributed by atoms with Crippen LogP contribution in [0.4, 0.5) is 0 Å². The van der Waals surface area contributed by atoms with Gasteiger partial charge in [0.25, 0.3) is 0 Å². The van der Waals surface area contributed by atoms with Crippen LogP contribution in [-0.2, 0) is 18.4 Å². The molecule has 21 heavy (non-hydrogen) atoms. The Balaban J connectivity index is 2.03. The Hall–Kier alpha value is -1.40. The second-order valence-corrected chi connectivity index (χ2v) is 6.51. The molecule has 6 nitrogen and oxygen atoms in total. The Morgan fingerprint density at radius 1 is 1.67 bits per heavy atom. The number of imidazole rings is 1. The molecule has 1 aromatic heterocycles. The largest absolute Gasteiger partial charge is 0.368 e. The highest BCUT2D eigenvalue weighted by Gasteiger charge is 2.45. The predicted octanol–water partition coefficient (Wildman–Crippen LogP) is 0.627. The fraction of sp³-hybridized carbons (Fsp3) is 0.733. The maximum atomic E-state index is 11.9. The second-order valence-electron chi connectivity index (χ2n) is 6.51. The fourth-order valence-corrected chi connectivity index (χ4v) is 3.28. The Morgan fingerprint density at radius 3 is 2.90 bits per heavy atom. The van der Waals surface area contributed by atoms with Gasteiger partial charge in [-0.15, -0.1) is 0 Å². The lowest BCUT2D eigenvalue weighted by molar-refractivity contribution is -0.124. The summed E-state index contributed by atoms with van der Waals surface area (Å²) in [5, 5.41) is 3.39. The Morgan fingerprint density at radius 2 is 2.38 bits per heavy atom. The molecule has 1 fully saturated rings. The second kappa shape index (κ2) is 6.15. The van der Waals surface area contributed by atoms with Crippen molar-refractivity contribution in [3.8, 4) is 0 Å². The van der Waals surface area contributed by atoms with Crippen LogP contribution in [0, 0.1) is 0 Å². The van der Waals surface area contributed by atoms with E-state index in [0.29, 0.717) is 6.04 Å². The normalized spacial score (nSPS) is 25.9. The van der Waals surface area contributed by atoms with Crippen LogP contribution in [0.2, 0.25) is 0 Å². The molecule has 1 amide bonds. The van der Waals surface area contributed by atoms with E-state index in [9.17, 15) is 4.79 Å². The van der Waals surface area contributed by atoms with E-state index in [2.05, 4.69) is 36.1 Å². The molecule has 118 valence electrons. The van der Waals surface area contributed by atoms with Crippen LogP contribution in [0.3, 0.4) is 0 Å². The van der Waals surface area contributed by atoms with E-state index in [0.717, 1.165) is 31.6 Å². The zero-order valence-corrected chi connectivity index (χ0v) is 13.5. The molecule has 1 aliphatic carbocycles. The van der Waals surface area contributed by atoms with Gasteiger partial charge in [0.2, 0.25) is 5.91 Å². The first-order chi connectivity index (χ1) is 9.84. The van der Waals surface area contributed by atoms with E-state index < -0.39 is 5.54 Å². The summed E-state index contributed by atoms with van der Waals surface area (Å²) in [5.74, 6) is 0.801. The van der Waals surface area contributed by atoms with Gasteiger partial charge in [-0.1, -0.05) is 0 Å². The van der Waals surface area contributed by atoms with Gasteiger partial charge in [0, 0.05) is 31.5 Å². The first kappa shape index (κ1) is 16.0. The third-order valence-corrected chi connectivity index (χ3v) is 4.46. The van der Waals surface area contributed by atoms with E-state index in [1.807, 2.05) is 24.0 Å². The zero-order chi connectivity index (χ0) is 15.6. The third-order valence-electron chi connectivity index (χ3n) is 4.46. The monoisotopic (exact) mass is 293 g/mol. The maximum absolute atomic E-state index is 11.9. The highest BCUT2D eigenvalue weighted by atomic mass is 16.1. The summed E-state index contributed by atoms with van der Waals surface area (Å²) in [7, 11) is 4.09. The Kier molecular flexibility index (Phi) is 4.68. The van der Waals surface area contributed by atoms with Gasteiger partial charge < -0.3 is 15.6 Å². The highest BCUT2D eigenvalue weighted by molar-refractivity contribution is 5.85. The van der Waals surface area contributed by atoms with Gasteiger partial charge >= 0.3 is 0 Å². The lowest BCUT2D eigenvalue weighted by Crippen LogP contribution is -2.56. The maximum Gasteiger partial charge on any atom is 0.237 e. The summed E-state index contributed by atoms with van der Waals surface area (Å²) in [5.41, 5.74) is 5.11. The molecular formula is C15H27N5O. The Labute approximate surface area is 126 Å². The lowest BCUT2D eigenvalue weighted by Gasteiger charge is -2.31. The van der Waals surface area contributed by atoms with Crippen molar-refractivity contribution < 1.29 is 4.79 Å². The van der Waals surface area contributed by atoms with Gasteiger partial charge in [-0.25, -0.2) is 4.98 Å². The van der Waals surface area contributed by atoms with Crippen molar-refractivity contribution in [2.45, 2.75) is 57.3 Å². The van der Waals surface area contributed by atoms with Crippen molar-refractivity contribution in [3.05, 3.63) is 18.2 Å². The summed E-state index contributed by atoms with van der Waals surface area (Å²) in [6.45, 7) is 4.88. The average Bonchev–Trinajstić information content (AvgIpc) is 2.97. The van der Waals surface area contributed by atoms with Gasteiger partial charge in [-0.3, -0.25) is 9.69 Å². The molecule has 1 aliphatic rings. The number of rotatable bonds is 6. The molecular weight excluding hydrogens is 266 g/mol. The number of hydrogen-bond acceptors (Lipinski definition) is 4. The van der Waals surface area contributed by atoms with Gasteiger partial charge in [0.15, 0.2) is 0 Å². The number of aromatic nitrogens is 2. The van der Waals surface area contributed by atoms with Crippen LogP contribution >= 0.6 is 0 Å². The van der Waals surface area contributed by atoms with E-state index in [1.165, 1.54) is 0 Å². The van der Waals surface area contributed by atoms with E-state index in [4.69, 9.17) is 5.73 Å². The molecule has 2 atom stereocenters. The molecule has 2 unspecified atom stereocenters. The third kappa shape index (κ3) is 3.44. The summed E-state index contributed by atoms with van der Waals surface area (Å²) >= 11 is 0. The highest BCUT2D eigenvalue weighted by Crippen LogP contribution is 2.33. The number of carbonyl (C=O) groups is 1. The number of primary amides is 1. The molecule has 0 spiro atoms. The lowest BCUT2D eigenvalue weighted by atomic mass is 9.95. The molecule has 6 heteroatoms. The van der Waals surface area contributed by atoms with Crippen LogP contribution in [0.5, 0.6) is 0 Å². The molecule has 1 saturated carbocycles. The van der Waals surface area contributed by atoms with Crippen molar-refractivity contribution in [2.24, 2.45) is 12.8 Å². The number of carbonyl (C=O) groups excluding carboxylic acids is 1. The first-order valence-electron chi connectivity index (χ1n) is 7.58. The van der Waals surface area contributed by atoms with Gasteiger partial charge in [-0.2, -0.15) is 0 Å². The van der Waals surface area contributed by atoms with Crippen molar-refractivity contribution in [3.63, 3.8) is 0 Å². The molecule has 0 bridgehead atoms. The first-order valence-corrected chi connectivity index (χ1v) is 7.58. The quantitative estimate of drug-likeness (QED) is 0.806. The molecule has 0 saturated heterocycles. The van der Waals surface area contributed by atoms with Crippen molar-refractivity contribution in [2.75, 3.05) is 7.05 Å². The molecule has 0 aliphatic heterocycles. The number of nitrogens with two attached hydrogens (primary N) is 1. The molecule has 0 radical (unpaired) electrons. The zero-order valence-electron chi connectivity index (χ0n) is 13.5. The number of hydrogen-bond donors (Lipinski definition) is 2. The molecule has 1 heterocycles. The minimum absolute atomic E-state index is 0.232. The average molecular weight is 293 g/mol. The summed E-state index contributed by atoms with van der Waals surface area (Å²) in [6.07, 6.45) is 6.30. The molecule has 0 aromatic carbocycles. The number of nitrogens with zero attached hydrogens (tertiary/aromatic N) is 3. The summed E-state index contributed by atoms with van der Waals surface area (Å²) in [6, 6.07) is 0.594. The minimum atomic E-state index is -0.561. The number of nitrogens with one attached hydrogen (secondary N) is 1. The SMILES string of the molecule is CC(C)NC1(C(N)=O)CCC(N(C)Cc2nccn2C)C1. The predicted molar refractivity (Wildman–Crippen MR) is 82.5 cm³/mol. The van der Waals surface area contributed by atoms with Crippen molar-refractivity contribution >= 4 is 5.91 Å². The van der Waals surface area contributed by atoms with E-state index in [1.54, 1.807) is 0 Å². The molecule has 1 aromatic rings.